The number of piperidine rings is 1. The molecule has 2 unspecified atom stereocenters. The van der Waals surface area contributed by atoms with Crippen molar-refractivity contribution in [2.75, 3.05) is 31.6 Å². The predicted octanol–water partition coefficient (Wildman–Crippen LogP) is 2.44. The molecule has 2 aromatic rings. The molecular weight excluding hydrogens is 362 g/mol. The molecule has 0 amide bonds. The maximum Gasteiger partial charge on any atom is 0.250 e. The summed E-state index contributed by atoms with van der Waals surface area (Å²) in [5.41, 5.74) is 2.13. The highest BCUT2D eigenvalue weighted by Gasteiger charge is 2.35. The first-order valence-corrected chi connectivity index (χ1v) is 9.73. The molecule has 1 N–H and O–H groups in total. The van der Waals surface area contributed by atoms with Gasteiger partial charge in [0.1, 0.15) is 13.2 Å². The second-order valence-electron chi connectivity index (χ2n) is 7.39. The minimum absolute atomic E-state index is 0.104. The van der Waals surface area contributed by atoms with Crippen LogP contribution < -0.4 is 20.3 Å². The van der Waals surface area contributed by atoms with E-state index >= 15 is 0 Å². The summed E-state index contributed by atoms with van der Waals surface area (Å²) >= 11 is 5.69. The SMILES string of the molecule is O=c1cccc2n1CC1CC2CN(C(=S)Nc2ccc3c(c2)OCCO3)C1. The number of pyridine rings is 1. The molecule has 0 aliphatic carbocycles. The van der Waals surface area contributed by atoms with Gasteiger partial charge in [-0.15, -0.1) is 0 Å². The average Bonchev–Trinajstić information content (AvgIpc) is 2.68. The van der Waals surface area contributed by atoms with Crippen molar-refractivity contribution in [2.24, 2.45) is 5.92 Å². The zero-order chi connectivity index (χ0) is 18.4. The molecule has 1 aromatic heterocycles. The van der Waals surface area contributed by atoms with E-state index in [0.29, 0.717) is 30.2 Å². The van der Waals surface area contributed by atoms with Crippen LogP contribution in [0.4, 0.5) is 5.69 Å². The third-order valence-electron chi connectivity index (χ3n) is 5.56. The van der Waals surface area contributed by atoms with Gasteiger partial charge in [0.05, 0.1) is 0 Å². The van der Waals surface area contributed by atoms with Crippen molar-refractivity contribution in [3.05, 3.63) is 52.4 Å². The summed E-state index contributed by atoms with van der Waals surface area (Å²) in [7, 11) is 0. The highest BCUT2D eigenvalue weighted by atomic mass is 32.1. The summed E-state index contributed by atoms with van der Waals surface area (Å²) in [6, 6.07) is 11.4. The molecule has 1 fully saturated rings. The maximum absolute atomic E-state index is 12.2. The van der Waals surface area contributed by atoms with Gasteiger partial charge in [0.2, 0.25) is 0 Å². The van der Waals surface area contributed by atoms with Gasteiger partial charge in [-0.05, 0) is 42.8 Å². The third kappa shape index (κ3) is 3.06. The van der Waals surface area contributed by atoms with Gasteiger partial charge in [-0.1, -0.05) is 6.07 Å². The fourth-order valence-electron chi connectivity index (χ4n) is 4.39. The van der Waals surface area contributed by atoms with Gasteiger partial charge in [0.15, 0.2) is 16.6 Å². The number of nitrogens with zero attached hydrogens (tertiary/aromatic N) is 2. The first kappa shape index (κ1) is 16.6. The van der Waals surface area contributed by atoms with Crippen molar-refractivity contribution >= 4 is 23.0 Å². The zero-order valence-electron chi connectivity index (χ0n) is 14.9. The molecule has 27 heavy (non-hydrogen) atoms. The second-order valence-corrected chi connectivity index (χ2v) is 7.78. The van der Waals surface area contributed by atoms with Crippen LogP contribution in [-0.2, 0) is 6.54 Å². The summed E-state index contributed by atoms with van der Waals surface area (Å²) in [5, 5.41) is 4.06. The van der Waals surface area contributed by atoms with Crippen LogP contribution in [0.15, 0.2) is 41.2 Å². The van der Waals surface area contributed by atoms with Crippen LogP contribution >= 0.6 is 12.2 Å². The molecule has 0 spiro atoms. The van der Waals surface area contributed by atoms with E-state index in [1.807, 2.05) is 28.8 Å². The molecular formula is C20H21N3O3S. The number of rotatable bonds is 1. The average molecular weight is 383 g/mol. The topological polar surface area (TPSA) is 55.7 Å². The molecule has 4 heterocycles. The van der Waals surface area contributed by atoms with Crippen LogP contribution in [0.3, 0.4) is 0 Å². The standard InChI is InChI=1S/C20H21N3O3S/c24-19-3-1-2-16-14-8-13(11-23(16)19)10-22(12-14)20(27)21-15-4-5-17-18(9-15)26-7-6-25-17/h1-5,9,13-14H,6-8,10-12H2,(H,21,27). The minimum Gasteiger partial charge on any atom is -0.486 e. The Labute approximate surface area is 162 Å². The number of hydrogen-bond donors (Lipinski definition) is 1. The van der Waals surface area contributed by atoms with Crippen molar-refractivity contribution in [3.8, 4) is 11.5 Å². The summed E-state index contributed by atoms with van der Waals surface area (Å²) in [6.45, 7) is 3.62. The van der Waals surface area contributed by atoms with Gasteiger partial charge in [0, 0.05) is 49.1 Å². The molecule has 2 bridgehead atoms. The van der Waals surface area contributed by atoms with Crippen LogP contribution in [0.25, 0.3) is 0 Å². The third-order valence-corrected chi connectivity index (χ3v) is 5.92. The lowest BCUT2D eigenvalue weighted by Gasteiger charge is -2.43. The van der Waals surface area contributed by atoms with Crippen LogP contribution in [0, 0.1) is 5.92 Å². The van der Waals surface area contributed by atoms with Crippen molar-refractivity contribution in [3.63, 3.8) is 0 Å². The monoisotopic (exact) mass is 383 g/mol. The summed E-state index contributed by atoms with van der Waals surface area (Å²) in [6.07, 6.45) is 1.12. The molecule has 7 heteroatoms. The predicted molar refractivity (Wildman–Crippen MR) is 107 cm³/mol. The number of likely N-dealkylation sites (tertiary alicyclic amines) is 1. The van der Waals surface area contributed by atoms with E-state index in [-0.39, 0.29) is 5.56 Å². The van der Waals surface area contributed by atoms with Gasteiger partial charge in [-0.25, -0.2) is 0 Å². The van der Waals surface area contributed by atoms with E-state index in [2.05, 4.69) is 16.3 Å². The Morgan fingerprint density at radius 3 is 2.81 bits per heavy atom. The zero-order valence-corrected chi connectivity index (χ0v) is 15.7. The number of thiocarbonyl (C=S) groups is 1. The number of hydrogen-bond acceptors (Lipinski definition) is 4. The fourth-order valence-corrected chi connectivity index (χ4v) is 4.65. The molecule has 3 aliphatic rings. The lowest BCUT2D eigenvalue weighted by atomic mass is 9.83. The van der Waals surface area contributed by atoms with Crippen LogP contribution in [0.5, 0.6) is 11.5 Å². The largest absolute Gasteiger partial charge is 0.486 e. The Balaban J connectivity index is 1.33. The lowest BCUT2D eigenvalue weighted by molar-refractivity contribution is 0.171. The van der Waals surface area contributed by atoms with E-state index in [9.17, 15) is 4.79 Å². The van der Waals surface area contributed by atoms with Crippen LogP contribution in [0.2, 0.25) is 0 Å². The Morgan fingerprint density at radius 2 is 1.93 bits per heavy atom. The molecule has 1 saturated heterocycles. The van der Waals surface area contributed by atoms with Gasteiger partial charge >= 0.3 is 0 Å². The van der Waals surface area contributed by atoms with Crippen molar-refractivity contribution in [1.82, 2.24) is 9.47 Å². The van der Waals surface area contributed by atoms with Crippen LogP contribution in [0.1, 0.15) is 18.0 Å². The molecule has 2 atom stereocenters. The molecule has 1 aromatic carbocycles. The summed E-state index contributed by atoms with van der Waals surface area (Å²) < 4.78 is 13.2. The highest BCUT2D eigenvalue weighted by molar-refractivity contribution is 7.80. The van der Waals surface area contributed by atoms with Gasteiger partial charge < -0.3 is 24.3 Å². The van der Waals surface area contributed by atoms with E-state index < -0.39 is 0 Å². The molecule has 0 saturated carbocycles. The van der Waals surface area contributed by atoms with E-state index in [1.165, 1.54) is 0 Å². The van der Waals surface area contributed by atoms with Crippen molar-refractivity contribution < 1.29 is 9.47 Å². The van der Waals surface area contributed by atoms with Crippen LogP contribution in [-0.4, -0.2) is 40.9 Å². The molecule has 0 radical (unpaired) electrons. The van der Waals surface area contributed by atoms with Gasteiger partial charge in [-0.3, -0.25) is 4.79 Å². The van der Waals surface area contributed by atoms with E-state index in [1.54, 1.807) is 6.07 Å². The fraction of sp³-hybridized carbons (Fsp3) is 0.400. The van der Waals surface area contributed by atoms with Crippen molar-refractivity contribution in [2.45, 2.75) is 18.9 Å². The van der Waals surface area contributed by atoms with Crippen molar-refractivity contribution in [1.29, 1.82) is 0 Å². The number of anilines is 1. The number of benzene rings is 1. The normalized spacial score (nSPS) is 22.7. The lowest BCUT2D eigenvalue weighted by Crippen LogP contribution is -2.50. The van der Waals surface area contributed by atoms with E-state index in [4.69, 9.17) is 21.7 Å². The minimum atomic E-state index is 0.104. The Bertz CT molecular complexity index is 958. The summed E-state index contributed by atoms with van der Waals surface area (Å²) in [4.78, 5) is 14.4. The number of fused-ring (bicyclic) bond motifs is 5. The molecule has 3 aliphatic heterocycles. The Morgan fingerprint density at radius 1 is 1.07 bits per heavy atom. The number of nitrogens with one attached hydrogen (secondary N) is 1. The Hall–Kier alpha value is -2.54. The van der Waals surface area contributed by atoms with Gasteiger partial charge in [0.25, 0.3) is 5.56 Å². The highest BCUT2D eigenvalue weighted by Crippen LogP contribution is 2.36. The summed E-state index contributed by atoms with van der Waals surface area (Å²) in [5.74, 6) is 2.30. The smallest absolute Gasteiger partial charge is 0.250 e. The van der Waals surface area contributed by atoms with Gasteiger partial charge in [-0.2, -0.15) is 0 Å². The second kappa shape index (κ2) is 6.56. The first-order chi connectivity index (χ1) is 13.2. The maximum atomic E-state index is 12.2. The Kier molecular flexibility index (Phi) is 4.04. The number of ether oxygens (including phenoxy) is 2. The van der Waals surface area contributed by atoms with E-state index in [0.717, 1.165) is 48.9 Å². The number of aromatic nitrogens is 1. The molecule has 5 rings (SSSR count). The molecule has 140 valence electrons. The molecule has 6 nitrogen and oxygen atoms in total. The quantitative estimate of drug-likeness (QED) is 0.764. The first-order valence-electron chi connectivity index (χ1n) is 9.33.